The van der Waals surface area contributed by atoms with E-state index in [9.17, 15) is 5.11 Å². The van der Waals surface area contributed by atoms with Crippen LogP contribution in [-0.4, -0.2) is 60.6 Å². The van der Waals surface area contributed by atoms with E-state index < -0.39 is 0 Å². The van der Waals surface area contributed by atoms with Crippen LogP contribution in [0.2, 0.25) is 0 Å². The molecule has 3 saturated heterocycles. The van der Waals surface area contributed by atoms with Crippen LogP contribution in [0.15, 0.2) is 12.3 Å². The molecule has 1 aromatic heterocycles. The van der Waals surface area contributed by atoms with Gasteiger partial charge in [-0.2, -0.15) is 4.98 Å². The summed E-state index contributed by atoms with van der Waals surface area (Å²) in [7, 11) is 0. The molecule has 3 aliphatic heterocycles. The lowest BCUT2D eigenvalue weighted by molar-refractivity contribution is 0.00199. The van der Waals surface area contributed by atoms with Gasteiger partial charge in [-0.3, -0.25) is 0 Å². The number of rotatable bonds is 2. The van der Waals surface area contributed by atoms with Crippen LogP contribution in [0, 0.1) is 5.41 Å². The maximum Gasteiger partial charge on any atom is 0.227 e. The molecule has 132 valence electrons. The highest BCUT2D eigenvalue weighted by molar-refractivity contribution is 5.44. The molecule has 1 N–H and O–H groups in total. The lowest BCUT2D eigenvalue weighted by Crippen LogP contribution is -2.43. The maximum absolute atomic E-state index is 9.68. The van der Waals surface area contributed by atoms with Crippen LogP contribution < -0.4 is 9.80 Å². The van der Waals surface area contributed by atoms with Crippen LogP contribution in [0.5, 0.6) is 0 Å². The predicted molar refractivity (Wildman–Crippen MR) is 93.4 cm³/mol. The van der Waals surface area contributed by atoms with Gasteiger partial charge < -0.3 is 19.6 Å². The molecule has 1 spiro atoms. The van der Waals surface area contributed by atoms with E-state index in [0.29, 0.717) is 5.41 Å². The molecule has 0 bridgehead atoms. The molecule has 3 aliphatic rings. The number of hydrogen-bond acceptors (Lipinski definition) is 6. The highest BCUT2D eigenvalue weighted by Gasteiger charge is 2.36. The molecule has 0 atom stereocenters. The largest absolute Gasteiger partial charge is 0.393 e. The number of anilines is 2. The Morgan fingerprint density at radius 2 is 1.71 bits per heavy atom. The van der Waals surface area contributed by atoms with Crippen molar-refractivity contribution in [1.82, 2.24) is 9.97 Å². The summed E-state index contributed by atoms with van der Waals surface area (Å²) in [4.78, 5) is 13.9. The van der Waals surface area contributed by atoms with Crippen molar-refractivity contribution >= 4 is 11.8 Å². The number of aromatic nitrogens is 2. The Bertz CT molecular complexity index is 544. The molecule has 6 heteroatoms. The summed E-state index contributed by atoms with van der Waals surface area (Å²) in [6, 6.07) is 1.99. The van der Waals surface area contributed by atoms with Gasteiger partial charge in [0.05, 0.1) is 6.10 Å². The first-order chi connectivity index (χ1) is 11.7. The van der Waals surface area contributed by atoms with E-state index >= 15 is 0 Å². The Balaban J connectivity index is 1.41. The lowest BCUT2D eigenvalue weighted by atomic mass is 9.72. The quantitative estimate of drug-likeness (QED) is 0.892. The molecule has 0 aliphatic carbocycles. The average molecular weight is 332 g/mol. The summed E-state index contributed by atoms with van der Waals surface area (Å²) in [5.41, 5.74) is 0.495. The second kappa shape index (κ2) is 6.84. The zero-order valence-corrected chi connectivity index (χ0v) is 14.4. The monoisotopic (exact) mass is 332 g/mol. The molecule has 0 aromatic carbocycles. The SMILES string of the molecule is OC1CCN(c2ccnc(N3CCC4(CCOCC4)CC3)n2)CC1. The maximum atomic E-state index is 9.68. The highest BCUT2D eigenvalue weighted by Crippen LogP contribution is 2.41. The summed E-state index contributed by atoms with van der Waals surface area (Å²) in [6.07, 6.45) is 8.23. The standard InChI is InChI=1S/C18H28N4O2/c23-15-2-9-21(10-3-15)16-1-8-19-17(20-16)22-11-4-18(5-12-22)6-13-24-14-7-18/h1,8,15,23H,2-7,9-14H2. The first kappa shape index (κ1) is 16.1. The second-order valence-corrected chi connectivity index (χ2v) is 7.53. The van der Waals surface area contributed by atoms with Gasteiger partial charge in [0.1, 0.15) is 5.82 Å². The molecule has 6 nitrogen and oxygen atoms in total. The normalized spacial score (nSPS) is 25.2. The van der Waals surface area contributed by atoms with E-state index in [1.165, 1.54) is 25.7 Å². The third-order valence-electron chi connectivity index (χ3n) is 6.08. The van der Waals surface area contributed by atoms with Crippen molar-refractivity contribution in [3.05, 3.63) is 12.3 Å². The molecule has 3 fully saturated rings. The first-order valence-corrected chi connectivity index (χ1v) is 9.33. The molecule has 0 radical (unpaired) electrons. The van der Waals surface area contributed by atoms with Crippen molar-refractivity contribution in [2.75, 3.05) is 49.2 Å². The average Bonchev–Trinajstić information content (AvgIpc) is 2.64. The van der Waals surface area contributed by atoms with Gasteiger partial charge in [-0.25, -0.2) is 4.98 Å². The van der Waals surface area contributed by atoms with E-state index in [0.717, 1.165) is 64.0 Å². The van der Waals surface area contributed by atoms with E-state index in [2.05, 4.69) is 14.8 Å². The molecule has 0 amide bonds. The molecular formula is C18H28N4O2. The zero-order valence-electron chi connectivity index (χ0n) is 14.4. The predicted octanol–water partition coefficient (Wildman–Crippen LogP) is 1.83. The Kier molecular flexibility index (Phi) is 4.59. The topological polar surface area (TPSA) is 61.7 Å². The number of aliphatic hydroxyl groups excluding tert-OH is 1. The van der Waals surface area contributed by atoms with Crippen molar-refractivity contribution in [3.63, 3.8) is 0 Å². The fourth-order valence-corrected chi connectivity index (χ4v) is 4.25. The zero-order chi connectivity index (χ0) is 16.4. The molecule has 4 rings (SSSR count). The smallest absolute Gasteiger partial charge is 0.227 e. The van der Waals surface area contributed by atoms with Gasteiger partial charge in [-0.05, 0) is 50.0 Å². The number of ether oxygens (including phenoxy) is 1. The first-order valence-electron chi connectivity index (χ1n) is 9.33. The molecule has 4 heterocycles. The molecule has 24 heavy (non-hydrogen) atoms. The second-order valence-electron chi connectivity index (χ2n) is 7.53. The number of nitrogens with zero attached hydrogens (tertiary/aromatic N) is 4. The van der Waals surface area contributed by atoms with E-state index in [1.54, 1.807) is 0 Å². The summed E-state index contributed by atoms with van der Waals surface area (Å²) < 4.78 is 5.54. The van der Waals surface area contributed by atoms with Crippen LogP contribution in [0.3, 0.4) is 0 Å². The van der Waals surface area contributed by atoms with Gasteiger partial charge in [0.15, 0.2) is 0 Å². The van der Waals surface area contributed by atoms with Crippen molar-refractivity contribution in [2.45, 2.75) is 44.6 Å². The summed E-state index contributed by atoms with van der Waals surface area (Å²) in [5, 5.41) is 9.68. The van der Waals surface area contributed by atoms with Crippen LogP contribution in [0.1, 0.15) is 38.5 Å². The highest BCUT2D eigenvalue weighted by atomic mass is 16.5. The fraction of sp³-hybridized carbons (Fsp3) is 0.778. The third-order valence-corrected chi connectivity index (χ3v) is 6.08. The van der Waals surface area contributed by atoms with Crippen LogP contribution in [-0.2, 0) is 4.74 Å². The summed E-state index contributed by atoms with van der Waals surface area (Å²) in [6.45, 7) is 5.69. The molecular weight excluding hydrogens is 304 g/mol. The summed E-state index contributed by atoms with van der Waals surface area (Å²) in [5.74, 6) is 1.86. The summed E-state index contributed by atoms with van der Waals surface area (Å²) >= 11 is 0. The van der Waals surface area contributed by atoms with E-state index in [1.807, 2.05) is 12.3 Å². The van der Waals surface area contributed by atoms with Crippen LogP contribution >= 0.6 is 0 Å². The van der Waals surface area contributed by atoms with Crippen molar-refractivity contribution in [2.24, 2.45) is 5.41 Å². The minimum absolute atomic E-state index is 0.152. The Morgan fingerprint density at radius 1 is 1.00 bits per heavy atom. The number of aliphatic hydroxyl groups is 1. The lowest BCUT2D eigenvalue weighted by Gasteiger charge is -2.44. The van der Waals surface area contributed by atoms with Gasteiger partial charge in [-0.15, -0.1) is 0 Å². The molecule has 0 saturated carbocycles. The molecule has 1 aromatic rings. The number of hydrogen-bond donors (Lipinski definition) is 1. The minimum atomic E-state index is -0.152. The Labute approximate surface area is 143 Å². The third kappa shape index (κ3) is 3.35. The Hall–Kier alpha value is -1.40. The van der Waals surface area contributed by atoms with Gasteiger partial charge in [0, 0.05) is 45.6 Å². The fourth-order valence-electron chi connectivity index (χ4n) is 4.25. The van der Waals surface area contributed by atoms with Gasteiger partial charge >= 0.3 is 0 Å². The van der Waals surface area contributed by atoms with Crippen molar-refractivity contribution < 1.29 is 9.84 Å². The van der Waals surface area contributed by atoms with Crippen LogP contribution in [0.25, 0.3) is 0 Å². The van der Waals surface area contributed by atoms with Gasteiger partial charge in [0.25, 0.3) is 0 Å². The minimum Gasteiger partial charge on any atom is -0.393 e. The number of piperidine rings is 2. The van der Waals surface area contributed by atoms with E-state index in [4.69, 9.17) is 9.72 Å². The van der Waals surface area contributed by atoms with Gasteiger partial charge in [-0.1, -0.05) is 0 Å². The Morgan fingerprint density at radius 3 is 2.42 bits per heavy atom. The van der Waals surface area contributed by atoms with E-state index in [-0.39, 0.29) is 6.10 Å². The van der Waals surface area contributed by atoms with Crippen LogP contribution in [0.4, 0.5) is 11.8 Å². The van der Waals surface area contributed by atoms with Gasteiger partial charge in [0.2, 0.25) is 5.95 Å². The molecule has 0 unspecified atom stereocenters. The van der Waals surface area contributed by atoms with Crippen molar-refractivity contribution in [3.8, 4) is 0 Å². The van der Waals surface area contributed by atoms with Crippen molar-refractivity contribution in [1.29, 1.82) is 0 Å².